The zero-order chi connectivity index (χ0) is 15.9. The van der Waals surface area contributed by atoms with Gasteiger partial charge in [-0.2, -0.15) is 0 Å². The summed E-state index contributed by atoms with van der Waals surface area (Å²) in [6.07, 6.45) is 3.40. The molecular formula is C15H16N2O4S. The molecule has 0 spiro atoms. The number of carbonyl (C=O) groups excluding carboxylic acids is 1. The van der Waals surface area contributed by atoms with E-state index in [9.17, 15) is 9.59 Å². The second kappa shape index (κ2) is 7.77. The summed E-state index contributed by atoms with van der Waals surface area (Å²) >= 11 is 1.07. The molecule has 2 aromatic rings. The first kappa shape index (κ1) is 16.3. The van der Waals surface area contributed by atoms with Crippen LogP contribution in [-0.2, 0) is 9.59 Å². The van der Waals surface area contributed by atoms with E-state index in [1.807, 2.05) is 18.2 Å². The van der Waals surface area contributed by atoms with Crippen molar-refractivity contribution < 1.29 is 19.4 Å². The van der Waals surface area contributed by atoms with Gasteiger partial charge in [0, 0.05) is 23.2 Å². The highest BCUT2D eigenvalue weighted by molar-refractivity contribution is 7.98. The first-order valence-corrected chi connectivity index (χ1v) is 7.64. The molecule has 2 rings (SSSR count). The molecular weight excluding hydrogens is 304 g/mol. The number of pyridine rings is 1. The maximum Gasteiger partial charge on any atom is 0.321 e. The fraction of sp³-hybridized carbons (Fsp3) is 0.267. The third-order valence-electron chi connectivity index (χ3n) is 2.89. The second-order valence-corrected chi connectivity index (χ2v) is 5.46. The number of carbonyl (C=O) groups is 2. The fourth-order valence-corrected chi connectivity index (χ4v) is 2.39. The van der Waals surface area contributed by atoms with Gasteiger partial charge in [0.05, 0.1) is 5.75 Å². The van der Waals surface area contributed by atoms with E-state index >= 15 is 0 Å². The third kappa shape index (κ3) is 4.44. The number of benzene rings is 1. The Morgan fingerprint density at radius 2 is 2.23 bits per heavy atom. The minimum Gasteiger partial charge on any atom is -0.485 e. The van der Waals surface area contributed by atoms with Crippen LogP contribution < -0.4 is 9.46 Å². The second-order valence-electron chi connectivity index (χ2n) is 4.65. The van der Waals surface area contributed by atoms with E-state index in [0.29, 0.717) is 5.75 Å². The van der Waals surface area contributed by atoms with Crippen molar-refractivity contribution in [2.75, 3.05) is 12.4 Å². The Kier molecular flexibility index (Phi) is 5.74. The lowest BCUT2D eigenvalue weighted by Gasteiger charge is -2.09. The van der Waals surface area contributed by atoms with E-state index in [-0.39, 0.29) is 18.1 Å². The fourth-order valence-electron chi connectivity index (χ4n) is 1.72. The molecule has 1 unspecified atom stereocenters. The van der Waals surface area contributed by atoms with Gasteiger partial charge in [0.15, 0.2) is 5.78 Å². The van der Waals surface area contributed by atoms with Gasteiger partial charge in [-0.3, -0.25) is 14.6 Å². The van der Waals surface area contributed by atoms with E-state index in [0.717, 1.165) is 22.7 Å². The molecule has 1 aromatic heterocycles. The molecule has 0 aliphatic carbocycles. The first-order chi connectivity index (χ1) is 10.6. The minimum absolute atomic E-state index is 0.0580. The van der Waals surface area contributed by atoms with Crippen molar-refractivity contribution in [2.24, 2.45) is 0 Å². The maximum absolute atomic E-state index is 11.8. The number of aromatic nitrogens is 1. The topological polar surface area (TPSA) is 88.5 Å². The van der Waals surface area contributed by atoms with E-state index in [1.54, 1.807) is 18.5 Å². The van der Waals surface area contributed by atoms with E-state index in [2.05, 4.69) is 9.71 Å². The Morgan fingerprint density at radius 3 is 3.00 bits per heavy atom. The van der Waals surface area contributed by atoms with Gasteiger partial charge in [-0.1, -0.05) is 24.1 Å². The van der Waals surface area contributed by atoms with Crippen LogP contribution in [0.25, 0.3) is 10.8 Å². The SMILES string of the molecule is CC(NSCC(=O)COc1cccc2cnccc12)C(=O)O. The largest absolute Gasteiger partial charge is 0.485 e. The molecule has 2 N–H and O–H groups in total. The summed E-state index contributed by atoms with van der Waals surface area (Å²) in [5.41, 5.74) is 0. The smallest absolute Gasteiger partial charge is 0.321 e. The molecule has 7 heteroatoms. The summed E-state index contributed by atoms with van der Waals surface area (Å²) in [6.45, 7) is 1.46. The van der Waals surface area contributed by atoms with Crippen LogP contribution in [0.2, 0.25) is 0 Å². The number of ketones is 1. The molecule has 0 saturated heterocycles. The number of rotatable bonds is 8. The molecule has 1 atom stereocenters. The highest BCUT2D eigenvalue weighted by Crippen LogP contribution is 2.24. The van der Waals surface area contributed by atoms with Gasteiger partial charge in [-0.15, -0.1) is 0 Å². The van der Waals surface area contributed by atoms with Crippen molar-refractivity contribution in [3.63, 3.8) is 0 Å². The summed E-state index contributed by atoms with van der Waals surface area (Å²) < 4.78 is 8.22. The molecule has 1 heterocycles. The number of hydrogen-bond acceptors (Lipinski definition) is 6. The van der Waals surface area contributed by atoms with Gasteiger partial charge in [0.2, 0.25) is 0 Å². The Bertz CT molecular complexity index is 672. The van der Waals surface area contributed by atoms with Crippen molar-refractivity contribution in [1.29, 1.82) is 0 Å². The van der Waals surface area contributed by atoms with Crippen LogP contribution in [0.4, 0.5) is 0 Å². The van der Waals surface area contributed by atoms with Gasteiger partial charge in [0.25, 0.3) is 0 Å². The molecule has 0 saturated carbocycles. The summed E-state index contributed by atoms with van der Waals surface area (Å²) in [4.78, 5) is 26.4. The van der Waals surface area contributed by atoms with Crippen LogP contribution in [-0.4, -0.2) is 40.2 Å². The Hall–Kier alpha value is -2.12. The van der Waals surface area contributed by atoms with Gasteiger partial charge in [0.1, 0.15) is 18.4 Å². The Morgan fingerprint density at radius 1 is 1.41 bits per heavy atom. The van der Waals surface area contributed by atoms with Crippen LogP contribution in [0, 0.1) is 0 Å². The number of aliphatic carboxylic acids is 1. The van der Waals surface area contributed by atoms with E-state index in [4.69, 9.17) is 9.84 Å². The predicted octanol–water partition coefficient (Wildman–Crippen LogP) is 1.89. The van der Waals surface area contributed by atoms with Gasteiger partial charge in [-0.05, 0) is 19.1 Å². The standard InChI is InChI=1S/C15H16N2O4S/c1-10(15(19)20)17-22-9-12(18)8-21-14-4-2-3-11-7-16-6-5-13(11)14/h2-7,10,17H,8-9H2,1H3,(H,19,20). The number of ether oxygens (including phenoxy) is 1. The van der Waals surface area contributed by atoms with Gasteiger partial charge < -0.3 is 9.84 Å². The number of carboxylic acids is 1. The zero-order valence-electron chi connectivity index (χ0n) is 12.0. The van der Waals surface area contributed by atoms with Crippen molar-refractivity contribution >= 4 is 34.5 Å². The zero-order valence-corrected chi connectivity index (χ0v) is 12.8. The van der Waals surface area contributed by atoms with Crippen LogP contribution in [0.3, 0.4) is 0 Å². The molecule has 0 radical (unpaired) electrons. The highest BCUT2D eigenvalue weighted by atomic mass is 32.2. The lowest BCUT2D eigenvalue weighted by atomic mass is 10.1. The molecule has 0 aliphatic heterocycles. The third-order valence-corrected chi connectivity index (χ3v) is 3.88. The summed E-state index contributed by atoms with van der Waals surface area (Å²) in [5.74, 6) is -0.309. The minimum atomic E-state index is -0.958. The average Bonchev–Trinajstić information content (AvgIpc) is 2.52. The highest BCUT2D eigenvalue weighted by Gasteiger charge is 2.11. The molecule has 0 amide bonds. The van der Waals surface area contributed by atoms with Crippen molar-refractivity contribution in [2.45, 2.75) is 13.0 Å². The number of nitrogens with zero attached hydrogens (tertiary/aromatic N) is 1. The lowest BCUT2D eigenvalue weighted by Crippen LogP contribution is -2.30. The Balaban J connectivity index is 1.84. The number of fused-ring (bicyclic) bond motifs is 1. The summed E-state index contributed by atoms with van der Waals surface area (Å²) in [5, 5.41) is 10.6. The van der Waals surface area contributed by atoms with Crippen LogP contribution in [0.15, 0.2) is 36.7 Å². The molecule has 1 aromatic carbocycles. The quantitative estimate of drug-likeness (QED) is 0.718. The molecule has 0 fully saturated rings. The lowest BCUT2D eigenvalue weighted by molar-refractivity contribution is -0.138. The molecule has 6 nitrogen and oxygen atoms in total. The number of carboxylic acid groups (broad SMARTS) is 1. The number of hydrogen-bond donors (Lipinski definition) is 2. The molecule has 116 valence electrons. The molecule has 0 bridgehead atoms. The van der Waals surface area contributed by atoms with Crippen LogP contribution in [0.1, 0.15) is 6.92 Å². The first-order valence-electron chi connectivity index (χ1n) is 6.65. The van der Waals surface area contributed by atoms with Gasteiger partial charge in [-0.25, -0.2) is 4.72 Å². The molecule has 0 aliphatic rings. The van der Waals surface area contributed by atoms with Crippen molar-refractivity contribution in [1.82, 2.24) is 9.71 Å². The monoisotopic (exact) mass is 320 g/mol. The number of nitrogens with one attached hydrogen (secondary N) is 1. The normalized spacial score (nSPS) is 12.0. The number of Topliss-reactive ketones (excluding diaryl/α,β-unsaturated/α-hetero) is 1. The van der Waals surface area contributed by atoms with Crippen LogP contribution in [0.5, 0.6) is 5.75 Å². The maximum atomic E-state index is 11.8. The Labute approximate surface area is 132 Å². The van der Waals surface area contributed by atoms with Crippen LogP contribution >= 0.6 is 11.9 Å². The summed E-state index contributed by atoms with van der Waals surface area (Å²) in [6, 6.07) is 6.69. The van der Waals surface area contributed by atoms with E-state index in [1.165, 1.54) is 6.92 Å². The van der Waals surface area contributed by atoms with Crippen molar-refractivity contribution in [3.05, 3.63) is 36.7 Å². The van der Waals surface area contributed by atoms with Crippen molar-refractivity contribution in [3.8, 4) is 5.75 Å². The predicted molar refractivity (Wildman–Crippen MR) is 84.9 cm³/mol. The molecule has 22 heavy (non-hydrogen) atoms. The van der Waals surface area contributed by atoms with Gasteiger partial charge >= 0.3 is 5.97 Å². The van der Waals surface area contributed by atoms with E-state index < -0.39 is 12.0 Å². The average molecular weight is 320 g/mol. The summed E-state index contributed by atoms with van der Waals surface area (Å²) in [7, 11) is 0.